The van der Waals surface area contributed by atoms with Gasteiger partial charge in [-0.15, -0.1) is 0 Å². The van der Waals surface area contributed by atoms with Gasteiger partial charge in [0.1, 0.15) is 5.75 Å². The van der Waals surface area contributed by atoms with Crippen LogP contribution in [-0.2, 0) is 4.79 Å². The molecule has 3 rings (SSSR count). The molecule has 2 aromatic rings. The molecule has 0 unspecified atom stereocenters. The fourth-order valence-electron chi connectivity index (χ4n) is 2.38. The van der Waals surface area contributed by atoms with E-state index < -0.39 is 0 Å². The number of amides is 1. The van der Waals surface area contributed by atoms with Crippen LogP contribution in [0.3, 0.4) is 0 Å². The fourth-order valence-corrected chi connectivity index (χ4v) is 6.26. The lowest BCUT2D eigenvalue weighted by atomic mass is 10.2. The Balaban J connectivity index is 2.03. The average Bonchev–Trinajstić information content (AvgIpc) is 2.82. The van der Waals surface area contributed by atoms with Gasteiger partial charge in [-0.25, -0.2) is 0 Å². The summed E-state index contributed by atoms with van der Waals surface area (Å²) >= 11 is 23.3. The third-order valence-corrected chi connectivity index (χ3v) is 6.74. The van der Waals surface area contributed by atoms with Gasteiger partial charge in [-0.1, -0.05) is 47.2 Å². The summed E-state index contributed by atoms with van der Waals surface area (Å²) < 4.78 is 7.93. The van der Waals surface area contributed by atoms with E-state index in [4.69, 9.17) is 40.2 Å². The lowest BCUT2D eigenvalue weighted by Gasteiger charge is -2.16. The van der Waals surface area contributed by atoms with Crippen molar-refractivity contribution in [1.29, 1.82) is 0 Å². The van der Waals surface area contributed by atoms with Crippen LogP contribution < -0.4 is 9.64 Å². The summed E-state index contributed by atoms with van der Waals surface area (Å²) in [5.41, 5.74) is 1.35. The molecule has 1 aliphatic rings. The monoisotopic (exact) mass is 647 g/mol. The van der Waals surface area contributed by atoms with Gasteiger partial charge in [0.25, 0.3) is 5.91 Å². The van der Waals surface area contributed by atoms with Crippen LogP contribution in [0.25, 0.3) is 6.08 Å². The van der Waals surface area contributed by atoms with Crippen molar-refractivity contribution in [3.8, 4) is 5.75 Å². The van der Waals surface area contributed by atoms with Gasteiger partial charge in [-0.3, -0.25) is 9.69 Å². The van der Waals surface area contributed by atoms with Gasteiger partial charge in [0.15, 0.2) is 4.32 Å². The van der Waals surface area contributed by atoms with Crippen LogP contribution in [0, 0.1) is 7.14 Å². The maximum absolute atomic E-state index is 12.9. The molecule has 9 heteroatoms. The minimum absolute atomic E-state index is 0.222. The molecule has 1 saturated heterocycles. The number of thioether (sulfide) groups is 1. The Hall–Kier alpha value is -0.0700. The predicted molar refractivity (Wildman–Crippen MR) is 131 cm³/mol. The van der Waals surface area contributed by atoms with Crippen LogP contribution in [0.15, 0.2) is 35.2 Å². The van der Waals surface area contributed by atoms with Crippen molar-refractivity contribution >= 4 is 114 Å². The first-order valence-electron chi connectivity index (χ1n) is 7.08. The summed E-state index contributed by atoms with van der Waals surface area (Å²) in [4.78, 5) is 14.9. The Morgan fingerprint density at radius 1 is 1.23 bits per heavy atom. The molecular formula is C17H9Cl2I2NO2S2. The van der Waals surface area contributed by atoms with E-state index in [0.29, 0.717) is 25.0 Å². The summed E-state index contributed by atoms with van der Waals surface area (Å²) in [6.07, 6.45) is 1.80. The molecular weight excluding hydrogens is 639 g/mol. The summed E-state index contributed by atoms with van der Waals surface area (Å²) in [6, 6.07) is 8.92. The van der Waals surface area contributed by atoms with Crippen molar-refractivity contribution < 1.29 is 9.53 Å². The first-order chi connectivity index (χ1) is 12.3. The number of rotatable bonds is 3. The molecule has 1 fully saturated rings. The first kappa shape index (κ1) is 20.7. The normalized spacial score (nSPS) is 15.9. The van der Waals surface area contributed by atoms with E-state index >= 15 is 0 Å². The molecule has 1 heterocycles. The molecule has 3 nitrogen and oxygen atoms in total. The van der Waals surface area contributed by atoms with Crippen LogP contribution in [0.1, 0.15) is 5.56 Å². The summed E-state index contributed by atoms with van der Waals surface area (Å²) in [7, 11) is 1.61. The number of benzene rings is 2. The molecule has 0 atom stereocenters. The lowest BCUT2D eigenvalue weighted by Crippen LogP contribution is -2.27. The van der Waals surface area contributed by atoms with Gasteiger partial charge in [0.05, 0.1) is 26.3 Å². The molecule has 134 valence electrons. The number of thiocarbonyl (C=S) groups is 1. The summed E-state index contributed by atoms with van der Waals surface area (Å²) in [6.45, 7) is 0. The molecule has 26 heavy (non-hydrogen) atoms. The predicted octanol–water partition coefficient (Wildman–Crippen LogP) is 6.62. The fraction of sp³-hybridized carbons (Fsp3) is 0.0588. The highest BCUT2D eigenvalue weighted by Crippen LogP contribution is 2.41. The quantitative estimate of drug-likeness (QED) is 0.213. The topological polar surface area (TPSA) is 29.5 Å². The van der Waals surface area contributed by atoms with Crippen LogP contribution in [-0.4, -0.2) is 17.3 Å². The Labute approximate surface area is 197 Å². The molecule has 0 spiro atoms. The van der Waals surface area contributed by atoms with Crippen molar-refractivity contribution in [1.82, 2.24) is 0 Å². The second-order valence-corrected chi connectivity index (χ2v) is 10.1. The molecule has 0 saturated carbocycles. The maximum Gasteiger partial charge on any atom is 0.270 e. The zero-order chi connectivity index (χ0) is 19.0. The summed E-state index contributed by atoms with van der Waals surface area (Å²) in [5, 5.41) is 0.870. The van der Waals surface area contributed by atoms with Gasteiger partial charge >= 0.3 is 0 Å². The number of halogens is 4. The van der Waals surface area contributed by atoms with E-state index in [9.17, 15) is 4.79 Å². The number of ether oxygens (including phenoxy) is 1. The van der Waals surface area contributed by atoms with Crippen LogP contribution in [0.2, 0.25) is 10.0 Å². The van der Waals surface area contributed by atoms with Crippen molar-refractivity contribution in [2.75, 3.05) is 12.0 Å². The average molecular weight is 648 g/mol. The van der Waals surface area contributed by atoms with E-state index in [1.165, 1.54) is 16.7 Å². The van der Waals surface area contributed by atoms with Gasteiger partial charge in [0.2, 0.25) is 0 Å². The molecule has 2 aromatic carbocycles. The zero-order valence-corrected chi connectivity index (χ0v) is 20.5. The molecule has 0 aliphatic carbocycles. The first-order valence-corrected chi connectivity index (χ1v) is 11.2. The van der Waals surface area contributed by atoms with E-state index in [2.05, 4.69) is 45.2 Å². The SMILES string of the molecule is COc1c(I)cc(I)cc1/C=C1\SC(=S)N(c2ccc(Cl)cc2Cl)C1=O. The van der Waals surface area contributed by atoms with Gasteiger partial charge in [-0.2, -0.15) is 0 Å². The Morgan fingerprint density at radius 3 is 2.62 bits per heavy atom. The van der Waals surface area contributed by atoms with Crippen LogP contribution >= 0.6 is 92.4 Å². The molecule has 1 amide bonds. The standard InChI is InChI=1S/C17H9Cl2I2NO2S2/c1-24-15-8(4-10(20)7-12(15)21)5-14-16(23)22(17(25)26-14)13-3-2-9(18)6-11(13)19/h2-7H,1H3/b14-5-. The smallest absolute Gasteiger partial charge is 0.270 e. The lowest BCUT2D eigenvalue weighted by molar-refractivity contribution is -0.113. The number of nitrogens with zero attached hydrogens (tertiary/aromatic N) is 1. The number of hydrogen-bond acceptors (Lipinski definition) is 4. The second kappa shape index (κ2) is 8.52. The minimum atomic E-state index is -0.222. The second-order valence-electron chi connectivity index (χ2n) is 5.12. The highest BCUT2D eigenvalue weighted by Gasteiger charge is 2.34. The van der Waals surface area contributed by atoms with Crippen molar-refractivity contribution in [3.05, 3.63) is 58.0 Å². The highest BCUT2D eigenvalue weighted by atomic mass is 127. The van der Waals surface area contributed by atoms with Crippen LogP contribution in [0.4, 0.5) is 5.69 Å². The highest BCUT2D eigenvalue weighted by molar-refractivity contribution is 14.1. The van der Waals surface area contributed by atoms with Crippen molar-refractivity contribution in [3.63, 3.8) is 0 Å². The van der Waals surface area contributed by atoms with E-state index in [1.54, 1.807) is 31.4 Å². The van der Waals surface area contributed by atoms with Gasteiger partial charge < -0.3 is 4.74 Å². The Morgan fingerprint density at radius 2 is 1.96 bits per heavy atom. The number of methoxy groups -OCH3 is 1. The van der Waals surface area contributed by atoms with Crippen LogP contribution in [0.5, 0.6) is 5.75 Å². The third-order valence-electron chi connectivity index (χ3n) is 3.47. The number of carbonyl (C=O) groups is 1. The van der Waals surface area contributed by atoms with E-state index in [-0.39, 0.29) is 5.91 Å². The molecule has 0 N–H and O–H groups in total. The molecule has 0 bridgehead atoms. The summed E-state index contributed by atoms with van der Waals surface area (Å²) in [5.74, 6) is 0.501. The third kappa shape index (κ3) is 4.17. The number of carbonyl (C=O) groups excluding carboxylic acids is 1. The van der Waals surface area contributed by atoms with E-state index in [0.717, 1.165) is 18.5 Å². The molecule has 0 aromatic heterocycles. The zero-order valence-electron chi connectivity index (χ0n) is 13.1. The number of anilines is 1. The Kier molecular flexibility index (Phi) is 6.77. The molecule has 1 aliphatic heterocycles. The van der Waals surface area contributed by atoms with Crippen molar-refractivity contribution in [2.45, 2.75) is 0 Å². The maximum atomic E-state index is 12.9. The largest absolute Gasteiger partial charge is 0.495 e. The number of hydrogen-bond donors (Lipinski definition) is 0. The minimum Gasteiger partial charge on any atom is -0.495 e. The van der Waals surface area contributed by atoms with Gasteiger partial charge in [-0.05, 0) is 81.6 Å². The van der Waals surface area contributed by atoms with E-state index in [1.807, 2.05) is 12.1 Å². The van der Waals surface area contributed by atoms with Crippen molar-refractivity contribution in [2.24, 2.45) is 0 Å². The van der Waals surface area contributed by atoms with Gasteiger partial charge in [0, 0.05) is 14.2 Å². The molecule has 0 radical (unpaired) electrons. The Bertz CT molecular complexity index is 966.